The first-order valence-corrected chi connectivity index (χ1v) is 8.93. The van der Waals surface area contributed by atoms with Gasteiger partial charge in [-0.1, -0.05) is 11.6 Å². The van der Waals surface area contributed by atoms with Gasteiger partial charge in [0.25, 0.3) is 0 Å². The monoisotopic (exact) mass is 386 g/mol. The molecule has 0 saturated carbocycles. The van der Waals surface area contributed by atoms with Crippen molar-refractivity contribution in [3.63, 3.8) is 0 Å². The summed E-state index contributed by atoms with van der Waals surface area (Å²) >= 11 is 6.26. The van der Waals surface area contributed by atoms with E-state index in [1.807, 2.05) is 30.3 Å². The molecule has 140 valence electrons. The van der Waals surface area contributed by atoms with Crippen LogP contribution in [-0.4, -0.2) is 53.6 Å². The Bertz CT molecular complexity index is 908. The molecule has 1 aromatic carbocycles. The highest BCUT2D eigenvalue weighted by molar-refractivity contribution is 6.32. The van der Waals surface area contributed by atoms with Gasteiger partial charge in [0.15, 0.2) is 11.6 Å². The lowest BCUT2D eigenvalue weighted by Gasteiger charge is -2.26. The summed E-state index contributed by atoms with van der Waals surface area (Å²) in [6.07, 6.45) is 1.60. The van der Waals surface area contributed by atoms with Crippen LogP contribution >= 0.6 is 11.6 Å². The zero-order chi connectivity index (χ0) is 18.6. The van der Waals surface area contributed by atoms with Gasteiger partial charge in [0, 0.05) is 19.2 Å². The van der Waals surface area contributed by atoms with Crippen LogP contribution in [0.3, 0.4) is 0 Å². The Morgan fingerprint density at radius 3 is 2.74 bits per heavy atom. The van der Waals surface area contributed by atoms with Crippen molar-refractivity contribution in [1.82, 2.24) is 20.2 Å². The number of benzene rings is 1. The lowest BCUT2D eigenvalue weighted by Crippen LogP contribution is -2.37. The molecule has 2 aromatic heterocycles. The standard InChI is InChI=1S/C18H19ClN6O2/c1-26-13-4-2-12(3-5-13)15-10-16(24-23-15)21-17-14(19)11-20-18(22-17)25-6-8-27-9-7-25/h2-5,10-11H,6-9H2,1H3,(H2,20,21,22,23,24). The molecule has 0 amide bonds. The number of methoxy groups -OCH3 is 1. The van der Waals surface area contributed by atoms with E-state index >= 15 is 0 Å². The first-order chi connectivity index (χ1) is 13.2. The zero-order valence-corrected chi connectivity index (χ0v) is 15.5. The Balaban J connectivity index is 1.52. The fourth-order valence-corrected chi connectivity index (χ4v) is 2.93. The molecular formula is C18H19ClN6O2. The number of ether oxygens (including phenoxy) is 2. The molecule has 1 fully saturated rings. The van der Waals surface area contributed by atoms with E-state index in [9.17, 15) is 0 Å². The molecule has 1 saturated heterocycles. The van der Waals surface area contributed by atoms with Crippen molar-refractivity contribution < 1.29 is 9.47 Å². The van der Waals surface area contributed by atoms with Crippen LogP contribution in [0.1, 0.15) is 0 Å². The molecule has 0 aliphatic carbocycles. The van der Waals surface area contributed by atoms with Gasteiger partial charge < -0.3 is 19.7 Å². The molecule has 2 N–H and O–H groups in total. The summed E-state index contributed by atoms with van der Waals surface area (Å²) in [4.78, 5) is 10.9. The molecule has 0 bridgehead atoms. The van der Waals surface area contributed by atoms with Gasteiger partial charge in [0.1, 0.15) is 10.8 Å². The number of nitrogens with one attached hydrogen (secondary N) is 2. The molecule has 1 aliphatic heterocycles. The maximum atomic E-state index is 6.26. The van der Waals surface area contributed by atoms with E-state index in [4.69, 9.17) is 21.1 Å². The van der Waals surface area contributed by atoms with Gasteiger partial charge in [0.05, 0.1) is 32.2 Å². The van der Waals surface area contributed by atoms with E-state index in [1.165, 1.54) is 0 Å². The number of anilines is 3. The number of aromatic amines is 1. The van der Waals surface area contributed by atoms with Crippen molar-refractivity contribution in [3.8, 4) is 17.0 Å². The summed E-state index contributed by atoms with van der Waals surface area (Å²) in [7, 11) is 1.64. The molecule has 9 heteroatoms. The Hall–Kier alpha value is -2.84. The van der Waals surface area contributed by atoms with Crippen LogP contribution in [0, 0.1) is 0 Å². The van der Waals surface area contributed by atoms with E-state index in [0.717, 1.165) is 30.1 Å². The highest BCUT2D eigenvalue weighted by atomic mass is 35.5. The topological polar surface area (TPSA) is 88.2 Å². The van der Waals surface area contributed by atoms with Crippen molar-refractivity contribution in [1.29, 1.82) is 0 Å². The maximum Gasteiger partial charge on any atom is 0.227 e. The molecule has 3 heterocycles. The first kappa shape index (κ1) is 17.6. The van der Waals surface area contributed by atoms with Gasteiger partial charge in [-0.15, -0.1) is 0 Å². The minimum absolute atomic E-state index is 0.431. The number of hydrogen-bond donors (Lipinski definition) is 2. The van der Waals surface area contributed by atoms with Crippen molar-refractivity contribution >= 4 is 29.2 Å². The van der Waals surface area contributed by atoms with Gasteiger partial charge in [-0.3, -0.25) is 5.10 Å². The zero-order valence-electron chi connectivity index (χ0n) is 14.8. The number of rotatable bonds is 5. The summed E-state index contributed by atoms with van der Waals surface area (Å²) in [5.41, 5.74) is 1.87. The Labute approximate surface area is 161 Å². The number of aromatic nitrogens is 4. The molecule has 4 rings (SSSR count). The molecular weight excluding hydrogens is 368 g/mol. The van der Waals surface area contributed by atoms with Crippen molar-refractivity contribution in [2.24, 2.45) is 0 Å². The van der Waals surface area contributed by atoms with Crippen molar-refractivity contribution in [2.75, 3.05) is 43.6 Å². The molecule has 0 spiro atoms. The van der Waals surface area contributed by atoms with Crippen LogP contribution in [-0.2, 0) is 4.74 Å². The quantitative estimate of drug-likeness (QED) is 0.696. The van der Waals surface area contributed by atoms with E-state index in [2.05, 4.69) is 30.4 Å². The average molecular weight is 387 g/mol. The molecule has 27 heavy (non-hydrogen) atoms. The van der Waals surface area contributed by atoms with Crippen LogP contribution < -0.4 is 15.0 Å². The largest absolute Gasteiger partial charge is 0.497 e. The van der Waals surface area contributed by atoms with Crippen LogP contribution in [0.2, 0.25) is 5.02 Å². The lowest BCUT2D eigenvalue weighted by atomic mass is 10.1. The van der Waals surface area contributed by atoms with Gasteiger partial charge in [-0.25, -0.2) is 4.98 Å². The number of nitrogens with zero attached hydrogens (tertiary/aromatic N) is 4. The third-order valence-electron chi connectivity index (χ3n) is 4.25. The van der Waals surface area contributed by atoms with Crippen LogP contribution in [0.5, 0.6) is 5.75 Å². The van der Waals surface area contributed by atoms with Gasteiger partial charge in [-0.05, 0) is 29.8 Å². The SMILES string of the molecule is COc1ccc(-c2cc(Nc3nc(N4CCOCC4)ncc3Cl)n[nH]2)cc1. The van der Waals surface area contributed by atoms with Crippen LogP contribution in [0.4, 0.5) is 17.6 Å². The maximum absolute atomic E-state index is 6.26. The molecule has 3 aromatic rings. The second kappa shape index (κ2) is 7.81. The molecule has 8 nitrogen and oxygen atoms in total. The summed E-state index contributed by atoms with van der Waals surface area (Å²) in [5, 5.41) is 10.9. The van der Waals surface area contributed by atoms with E-state index in [-0.39, 0.29) is 0 Å². The number of H-pyrrole nitrogens is 1. The normalized spacial score (nSPS) is 14.2. The predicted molar refractivity (Wildman–Crippen MR) is 104 cm³/mol. The van der Waals surface area contributed by atoms with Crippen LogP contribution in [0.25, 0.3) is 11.3 Å². The predicted octanol–water partition coefficient (Wildman–Crippen LogP) is 3.11. The van der Waals surface area contributed by atoms with Gasteiger partial charge in [-0.2, -0.15) is 10.1 Å². The van der Waals surface area contributed by atoms with E-state index < -0.39 is 0 Å². The van der Waals surface area contributed by atoms with Crippen molar-refractivity contribution in [3.05, 3.63) is 41.6 Å². The Morgan fingerprint density at radius 2 is 2.00 bits per heavy atom. The highest BCUT2D eigenvalue weighted by Gasteiger charge is 2.16. The minimum atomic E-state index is 0.431. The summed E-state index contributed by atoms with van der Waals surface area (Å²) in [5.74, 6) is 2.56. The molecule has 0 atom stereocenters. The molecule has 0 unspecified atom stereocenters. The molecule has 0 radical (unpaired) electrons. The number of hydrogen-bond acceptors (Lipinski definition) is 7. The van der Waals surface area contributed by atoms with Gasteiger partial charge in [0.2, 0.25) is 5.95 Å². The fraction of sp³-hybridized carbons (Fsp3) is 0.278. The second-order valence-electron chi connectivity index (χ2n) is 5.99. The minimum Gasteiger partial charge on any atom is -0.497 e. The lowest BCUT2D eigenvalue weighted by molar-refractivity contribution is 0.122. The average Bonchev–Trinajstić information content (AvgIpc) is 3.19. The Kier molecular flexibility index (Phi) is 5.08. The van der Waals surface area contributed by atoms with Crippen LogP contribution in [0.15, 0.2) is 36.5 Å². The van der Waals surface area contributed by atoms with E-state index in [1.54, 1.807) is 13.3 Å². The molecule has 1 aliphatic rings. The van der Waals surface area contributed by atoms with E-state index in [0.29, 0.717) is 35.8 Å². The number of morpholine rings is 1. The van der Waals surface area contributed by atoms with Crippen molar-refractivity contribution in [2.45, 2.75) is 0 Å². The summed E-state index contributed by atoms with van der Waals surface area (Å²) in [6, 6.07) is 9.63. The second-order valence-corrected chi connectivity index (χ2v) is 6.39. The van der Waals surface area contributed by atoms with Gasteiger partial charge >= 0.3 is 0 Å². The fourth-order valence-electron chi connectivity index (χ4n) is 2.79. The summed E-state index contributed by atoms with van der Waals surface area (Å²) < 4.78 is 10.6. The number of halogens is 1. The third-order valence-corrected chi connectivity index (χ3v) is 4.53. The Morgan fingerprint density at radius 1 is 1.22 bits per heavy atom. The summed E-state index contributed by atoms with van der Waals surface area (Å²) in [6.45, 7) is 2.84. The third kappa shape index (κ3) is 3.96. The first-order valence-electron chi connectivity index (χ1n) is 8.55. The highest BCUT2D eigenvalue weighted by Crippen LogP contribution is 2.27. The smallest absolute Gasteiger partial charge is 0.227 e.